The van der Waals surface area contributed by atoms with E-state index in [1.807, 2.05) is 24.4 Å². The number of thiophene rings is 1. The highest BCUT2D eigenvalue weighted by Crippen LogP contribution is 2.40. The summed E-state index contributed by atoms with van der Waals surface area (Å²) in [4.78, 5) is 26.1. The molecule has 1 N–H and O–H groups in total. The van der Waals surface area contributed by atoms with Gasteiger partial charge in [0.05, 0.1) is 5.75 Å². The molecule has 2 amide bonds. The molecule has 2 heterocycles. The van der Waals surface area contributed by atoms with Crippen molar-refractivity contribution in [2.75, 3.05) is 18.8 Å². The Morgan fingerprint density at radius 2 is 2.47 bits per heavy atom. The van der Waals surface area contributed by atoms with E-state index in [2.05, 4.69) is 5.32 Å². The fraction of sp³-hybridized carbons (Fsp3) is 0.455. The molecule has 0 saturated carbocycles. The number of carbonyl (C=O) groups is 2. The van der Waals surface area contributed by atoms with Crippen LogP contribution in [0.2, 0.25) is 0 Å². The van der Waals surface area contributed by atoms with Crippen molar-refractivity contribution >= 4 is 34.9 Å². The molecule has 1 aromatic rings. The molecule has 0 radical (unpaired) electrons. The molecule has 92 valence electrons. The number of nitrogens with one attached hydrogen (secondary N) is 1. The van der Waals surface area contributed by atoms with Gasteiger partial charge in [0.25, 0.3) is 0 Å². The van der Waals surface area contributed by atoms with Crippen molar-refractivity contribution in [3.05, 3.63) is 22.4 Å². The first-order chi connectivity index (χ1) is 8.22. The Hall–Kier alpha value is -1.01. The first-order valence-corrected chi connectivity index (χ1v) is 7.36. The molecular formula is C11H14N2O2S2. The number of carbonyl (C=O) groups excluding carboxylic acids is 2. The first-order valence-electron chi connectivity index (χ1n) is 5.43. The van der Waals surface area contributed by atoms with E-state index in [4.69, 9.17) is 0 Å². The third-order valence-electron chi connectivity index (χ3n) is 2.44. The highest BCUT2D eigenvalue weighted by atomic mass is 32.2. The molecule has 1 unspecified atom stereocenters. The Bertz CT molecular complexity index is 406. The zero-order valence-corrected chi connectivity index (χ0v) is 11.1. The normalized spacial score (nSPS) is 19.7. The van der Waals surface area contributed by atoms with E-state index in [1.54, 1.807) is 28.0 Å². The molecule has 1 fully saturated rings. The molecule has 1 aliphatic heterocycles. The molecule has 6 heteroatoms. The molecular weight excluding hydrogens is 256 g/mol. The lowest BCUT2D eigenvalue weighted by Gasteiger charge is -2.22. The van der Waals surface area contributed by atoms with Crippen molar-refractivity contribution in [3.63, 3.8) is 0 Å². The largest absolute Gasteiger partial charge is 0.355 e. The van der Waals surface area contributed by atoms with Crippen LogP contribution in [0.15, 0.2) is 17.5 Å². The van der Waals surface area contributed by atoms with Crippen LogP contribution < -0.4 is 5.32 Å². The Morgan fingerprint density at radius 1 is 1.65 bits per heavy atom. The van der Waals surface area contributed by atoms with Gasteiger partial charge in [0.1, 0.15) is 11.9 Å². The molecule has 4 nitrogen and oxygen atoms in total. The predicted molar refractivity (Wildman–Crippen MR) is 69.9 cm³/mol. The van der Waals surface area contributed by atoms with Gasteiger partial charge in [0.2, 0.25) is 11.8 Å². The Morgan fingerprint density at radius 3 is 3.12 bits per heavy atom. The van der Waals surface area contributed by atoms with Crippen LogP contribution >= 0.6 is 23.1 Å². The van der Waals surface area contributed by atoms with Gasteiger partial charge >= 0.3 is 0 Å². The monoisotopic (exact) mass is 270 g/mol. The predicted octanol–water partition coefficient (Wildman–Crippen LogP) is 1.46. The molecule has 0 spiro atoms. The SMILES string of the molecule is CCNC(=O)CN1C(=O)CSC1c1cccs1. The minimum atomic E-state index is -0.0927. The van der Waals surface area contributed by atoms with Crippen molar-refractivity contribution < 1.29 is 9.59 Å². The maximum absolute atomic E-state index is 11.7. The highest BCUT2D eigenvalue weighted by molar-refractivity contribution is 8.00. The Kier molecular flexibility index (Phi) is 4.06. The topological polar surface area (TPSA) is 49.4 Å². The van der Waals surface area contributed by atoms with E-state index in [9.17, 15) is 9.59 Å². The highest BCUT2D eigenvalue weighted by Gasteiger charge is 2.34. The second-order valence-corrected chi connectivity index (χ2v) is 5.70. The van der Waals surface area contributed by atoms with Gasteiger partial charge in [-0.1, -0.05) is 6.07 Å². The fourth-order valence-electron chi connectivity index (χ4n) is 1.70. The number of amides is 2. The second-order valence-electron chi connectivity index (χ2n) is 3.65. The van der Waals surface area contributed by atoms with E-state index < -0.39 is 0 Å². The maximum atomic E-state index is 11.7. The summed E-state index contributed by atoms with van der Waals surface area (Å²) in [5.74, 6) is 0.409. The standard InChI is InChI=1S/C11H14N2O2S2/c1-2-12-9(14)6-13-10(15)7-17-11(13)8-4-3-5-16-8/h3-5,11H,2,6-7H2,1H3,(H,12,14). The summed E-state index contributed by atoms with van der Waals surface area (Å²) in [5.41, 5.74) is 0. The zero-order chi connectivity index (χ0) is 12.3. The van der Waals surface area contributed by atoms with Gasteiger partial charge in [-0.25, -0.2) is 0 Å². The number of rotatable bonds is 4. The summed E-state index contributed by atoms with van der Waals surface area (Å²) >= 11 is 3.20. The quantitative estimate of drug-likeness (QED) is 0.901. The number of nitrogens with zero attached hydrogens (tertiary/aromatic N) is 1. The molecule has 0 aliphatic carbocycles. The van der Waals surface area contributed by atoms with E-state index in [1.165, 1.54) is 0 Å². The average Bonchev–Trinajstić information content (AvgIpc) is 2.90. The van der Waals surface area contributed by atoms with Crippen molar-refractivity contribution in [1.82, 2.24) is 10.2 Å². The van der Waals surface area contributed by atoms with E-state index in [0.717, 1.165) is 4.88 Å². The summed E-state index contributed by atoms with van der Waals surface area (Å²) in [5, 5.41) is 4.71. The minimum Gasteiger partial charge on any atom is -0.355 e. The lowest BCUT2D eigenvalue weighted by atomic mass is 10.3. The Balaban J connectivity index is 2.07. The summed E-state index contributed by atoms with van der Waals surface area (Å²) in [6.45, 7) is 2.62. The maximum Gasteiger partial charge on any atom is 0.239 e. The zero-order valence-electron chi connectivity index (χ0n) is 9.51. The van der Waals surface area contributed by atoms with Gasteiger partial charge in [-0.05, 0) is 18.4 Å². The van der Waals surface area contributed by atoms with Crippen LogP contribution in [0.25, 0.3) is 0 Å². The van der Waals surface area contributed by atoms with Crippen molar-refractivity contribution in [2.45, 2.75) is 12.3 Å². The van der Waals surface area contributed by atoms with Crippen LogP contribution in [0, 0.1) is 0 Å². The van der Waals surface area contributed by atoms with Gasteiger partial charge in [0.15, 0.2) is 0 Å². The number of hydrogen-bond donors (Lipinski definition) is 1. The van der Waals surface area contributed by atoms with E-state index in [0.29, 0.717) is 12.3 Å². The molecule has 1 aromatic heterocycles. The lowest BCUT2D eigenvalue weighted by molar-refractivity contribution is -0.133. The van der Waals surface area contributed by atoms with Gasteiger partial charge in [0, 0.05) is 11.4 Å². The van der Waals surface area contributed by atoms with Crippen molar-refractivity contribution in [3.8, 4) is 0 Å². The summed E-state index contributed by atoms with van der Waals surface area (Å²) in [6, 6.07) is 3.97. The molecule has 1 atom stereocenters. The van der Waals surface area contributed by atoms with E-state index in [-0.39, 0.29) is 23.7 Å². The van der Waals surface area contributed by atoms with Crippen LogP contribution in [0.3, 0.4) is 0 Å². The summed E-state index contributed by atoms with van der Waals surface area (Å²) in [7, 11) is 0. The third-order valence-corrected chi connectivity index (χ3v) is 4.75. The van der Waals surface area contributed by atoms with Gasteiger partial charge in [-0.2, -0.15) is 0 Å². The van der Waals surface area contributed by atoms with Crippen LogP contribution in [0.4, 0.5) is 0 Å². The lowest BCUT2D eigenvalue weighted by Crippen LogP contribution is -2.39. The van der Waals surface area contributed by atoms with Crippen LogP contribution in [0.5, 0.6) is 0 Å². The molecule has 17 heavy (non-hydrogen) atoms. The van der Waals surface area contributed by atoms with Crippen LogP contribution in [-0.2, 0) is 9.59 Å². The number of likely N-dealkylation sites (N-methyl/N-ethyl adjacent to an activating group) is 1. The van der Waals surface area contributed by atoms with Crippen LogP contribution in [-0.4, -0.2) is 35.6 Å². The van der Waals surface area contributed by atoms with Gasteiger partial charge in [-0.3, -0.25) is 9.59 Å². The molecule has 1 saturated heterocycles. The van der Waals surface area contributed by atoms with E-state index >= 15 is 0 Å². The first kappa shape index (κ1) is 12.4. The summed E-state index contributed by atoms with van der Waals surface area (Å²) in [6.07, 6.45) is 0. The molecule has 0 bridgehead atoms. The molecule has 1 aliphatic rings. The summed E-state index contributed by atoms with van der Waals surface area (Å²) < 4.78 is 0. The Labute approximate surface area is 108 Å². The second kappa shape index (κ2) is 5.55. The van der Waals surface area contributed by atoms with Crippen molar-refractivity contribution in [2.24, 2.45) is 0 Å². The number of thioether (sulfide) groups is 1. The van der Waals surface area contributed by atoms with Gasteiger partial charge in [-0.15, -0.1) is 23.1 Å². The smallest absolute Gasteiger partial charge is 0.239 e. The minimum absolute atomic E-state index is 0.00473. The average molecular weight is 270 g/mol. The molecule has 2 rings (SSSR count). The number of hydrogen-bond acceptors (Lipinski definition) is 4. The fourth-order valence-corrected chi connectivity index (χ4v) is 3.87. The van der Waals surface area contributed by atoms with Crippen LogP contribution in [0.1, 0.15) is 17.2 Å². The molecule has 0 aromatic carbocycles. The third kappa shape index (κ3) is 2.81. The van der Waals surface area contributed by atoms with Crippen molar-refractivity contribution in [1.29, 1.82) is 0 Å². The van der Waals surface area contributed by atoms with Gasteiger partial charge < -0.3 is 10.2 Å².